The molecule has 3 N–H and O–H groups in total. The minimum Gasteiger partial charge on any atom is -0.383 e. The van der Waals surface area contributed by atoms with Crippen LogP contribution in [-0.4, -0.2) is 14.7 Å². The third kappa shape index (κ3) is 3.83. The van der Waals surface area contributed by atoms with Crippen LogP contribution in [-0.2, 0) is 5.75 Å². The van der Waals surface area contributed by atoms with E-state index >= 15 is 0 Å². The first-order valence-electron chi connectivity index (χ1n) is 4.36. The number of aromatic nitrogens is 2. The lowest BCUT2D eigenvalue weighted by atomic mass is 10.3. The van der Waals surface area contributed by atoms with Gasteiger partial charge in [0.1, 0.15) is 11.6 Å². The van der Waals surface area contributed by atoms with E-state index in [1.54, 1.807) is 11.8 Å². The van der Waals surface area contributed by atoms with E-state index in [1.165, 1.54) is 6.07 Å². The zero-order valence-electron chi connectivity index (χ0n) is 8.63. The molecule has 0 unspecified atom stereocenters. The van der Waals surface area contributed by atoms with Gasteiger partial charge in [0, 0.05) is 10.8 Å². The molecule has 14 heavy (non-hydrogen) atoms. The second-order valence-corrected chi connectivity index (χ2v) is 5.82. The van der Waals surface area contributed by atoms with Gasteiger partial charge in [-0.1, -0.05) is 20.8 Å². The lowest BCUT2D eigenvalue weighted by Gasteiger charge is -2.16. The van der Waals surface area contributed by atoms with Crippen LogP contribution in [0.5, 0.6) is 0 Å². The zero-order chi connectivity index (χ0) is 10.8. The molecule has 1 rings (SSSR count). The number of nitrogens with one attached hydrogen (secondary N) is 1. The van der Waals surface area contributed by atoms with Gasteiger partial charge < -0.3 is 10.7 Å². The molecule has 0 fully saturated rings. The highest BCUT2D eigenvalue weighted by Crippen LogP contribution is 2.25. The van der Waals surface area contributed by atoms with Crippen LogP contribution < -0.4 is 11.3 Å². The standard InChI is InChI=1S/C9H15N3OS/c1-9(2,3)14-5-7-11-6(10)4-8(13)12-7/h4H,5H2,1-3H3,(H3,10,11,12,13). The quantitative estimate of drug-likeness (QED) is 0.778. The average Bonchev–Trinajstić information content (AvgIpc) is 1.97. The van der Waals surface area contributed by atoms with Gasteiger partial charge in [0.2, 0.25) is 0 Å². The molecular weight excluding hydrogens is 198 g/mol. The normalized spacial score (nSPS) is 11.6. The van der Waals surface area contributed by atoms with Gasteiger partial charge in [-0.05, 0) is 0 Å². The van der Waals surface area contributed by atoms with Crippen LogP contribution in [0, 0.1) is 0 Å². The Morgan fingerprint density at radius 3 is 2.71 bits per heavy atom. The van der Waals surface area contributed by atoms with Gasteiger partial charge in [-0.3, -0.25) is 4.79 Å². The molecule has 0 aliphatic carbocycles. The van der Waals surface area contributed by atoms with E-state index in [2.05, 4.69) is 30.7 Å². The van der Waals surface area contributed by atoms with Crippen LogP contribution in [0.4, 0.5) is 5.82 Å². The molecule has 1 aromatic rings. The molecule has 0 saturated heterocycles. The molecular formula is C9H15N3OS. The fourth-order valence-corrected chi connectivity index (χ4v) is 1.59. The fraction of sp³-hybridized carbons (Fsp3) is 0.556. The Morgan fingerprint density at radius 1 is 1.57 bits per heavy atom. The van der Waals surface area contributed by atoms with Crippen LogP contribution in [0.1, 0.15) is 26.6 Å². The Kier molecular flexibility index (Phi) is 3.21. The van der Waals surface area contributed by atoms with E-state index in [-0.39, 0.29) is 16.1 Å². The van der Waals surface area contributed by atoms with Gasteiger partial charge in [-0.15, -0.1) is 11.8 Å². The number of hydrogen-bond acceptors (Lipinski definition) is 4. The van der Waals surface area contributed by atoms with Crippen molar-refractivity contribution in [3.8, 4) is 0 Å². The van der Waals surface area contributed by atoms with E-state index in [4.69, 9.17) is 5.73 Å². The summed E-state index contributed by atoms with van der Waals surface area (Å²) in [6, 6.07) is 1.28. The summed E-state index contributed by atoms with van der Waals surface area (Å²) in [6.07, 6.45) is 0. The first kappa shape index (κ1) is 11.1. The summed E-state index contributed by atoms with van der Waals surface area (Å²) in [7, 11) is 0. The van der Waals surface area contributed by atoms with Crippen LogP contribution in [0.25, 0.3) is 0 Å². The molecule has 5 heteroatoms. The highest BCUT2D eigenvalue weighted by molar-refractivity contribution is 7.99. The first-order chi connectivity index (χ1) is 6.37. The molecule has 1 aromatic heterocycles. The van der Waals surface area contributed by atoms with E-state index in [0.29, 0.717) is 11.6 Å². The predicted molar refractivity (Wildman–Crippen MR) is 60.3 cm³/mol. The first-order valence-corrected chi connectivity index (χ1v) is 5.35. The Labute approximate surface area is 87.3 Å². The molecule has 0 aliphatic rings. The summed E-state index contributed by atoms with van der Waals surface area (Å²) in [6.45, 7) is 6.34. The van der Waals surface area contributed by atoms with Crippen LogP contribution >= 0.6 is 11.8 Å². The maximum atomic E-state index is 11.1. The van der Waals surface area contributed by atoms with Gasteiger partial charge in [0.25, 0.3) is 5.56 Å². The molecule has 0 amide bonds. The minimum absolute atomic E-state index is 0.156. The molecule has 0 radical (unpaired) electrons. The topological polar surface area (TPSA) is 71.8 Å². The number of aromatic amines is 1. The molecule has 0 saturated carbocycles. The van der Waals surface area contributed by atoms with Crippen molar-refractivity contribution in [3.05, 3.63) is 22.2 Å². The molecule has 0 spiro atoms. The SMILES string of the molecule is CC(C)(C)SCc1nc(N)cc(=O)[nH]1. The van der Waals surface area contributed by atoms with E-state index in [1.807, 2.05) is 0 Å². The monoisotopic (exact) mass is 213 g/mol. The Bertz CT molecular complexity index is 367. The van der Waals surface area contributed by atoms with Crippen LogP contribution in [0.2, 0.25) is 0 Å². The van der Waals surface area contributed by atoms with Crippen molar-refractivity contribution in [1.29, 1.82) is 0 Å². The highest BCUT2D eigenvalue weighted by atomic mass is 32.2. The van der Waals surface area contributed by atoms with E-state index in [9.17, 15) is 4.79 Å². The smallest absolute Gasteiger partial charge is 0.252 e. The Balaban J connectivity index is 2.73. The molecule has 0 bridgehead atoms. The summed E-state index contributed by atoms with van der Waals surface area (Å²) < 4.78 is 0.156. The number of rotatable bonds is 2. The third-order valence-electron chi connectivity index (χ3n) is 1.45. The van der Waals surface area contributed by atoms with Crippen LogP contribution in [0.3, 0.4) is 0 Å². The fourth-order valence-electron chi connectivity index (χ4n) is 0.882. The number of hydrogen-bond donors (Lipinski definition) is 2. The lowest BCUT2D eigenvalue weighted by Crippen LogP contribution is -2.14. The third-order valence-corrected chi connectivity index (χ3v) is 2.74. The highest BCUT2D eigenvalue weighted by Gasteiger charge is 2.11. The van der Waals surface area contributed by atoms with Gasteiger partial charge in [0.05, 0.1) is 5.75 Å². The molecule has 0 atom stereocenters. The average molecular weight is 213 g/mol. The van der Waals surface area contributed by atoms with Crippen molar-refractivity contribution in [2.45, 2.75) is 31.3 Å². The van der Waals surface area contributed by atoms with Crippen molar-refractivity contribution < 1.29 is 0 Å². The number of anilines is 1. The number of H-pyrrole nitrogens is 1. The van der Waals surface area contributed by atoms with Crippen molar-refractivity contribution in [1.82, 2.24) is 9.97 Å². The van der Waals surface area contributed by atoms with Gasteiger partial charge in [-0.25, -0.2) is 4.98 Å². The number of nitrogens with zero attached hydrogens (tertiary/aromatic N) is 1. The minimum atomic E-state index is -0.193. The molecule has 0 aliphatic heterocycles. The van der Waals surface area contributed by atoms with Gasteiger partial charge in [-0.2, -0.15) is 0 Å². The summed E-state index contributed by atoms with van der Waals surface area (Å²) in [5.74, 6) is 1.58. The predicted octanol–water partition coefficient (Wildman–Crippen LogP) is 1.38. The van der Waals surface area contributed by atoms with Crippen molar-refractivity contribution >= 4 is 17.6 Å². The number of thioether (sulfide) groups is 1. The molecule has 4 nitrogen and oxygen atoms in total. The van der Waals surface area contributed by atoms with Gasteiger partial charge >= 0.3 is 0 Å². The Hall–Kier alpha value is -0.970. The van der Waals surface area contributed by atoms with Gasteiger partial charge in [0.15, 0.2) is 0 Å². The maximum absolute atomic E-state index is 11.1. The van der Waals surface area contributed by atoms with Crippen molar-refractivity contribution in [3.63, 3.8) is 0 Å². The maximum Gasteiger partial charge on any atom is 0.252 e. The lowest BCUT2D eigenvalue weighted by molar-refractivity contribution is 0.799. The summed E-state index contributed by atoms with van der Waals surface area (Å²) in [4.78, 5) is 17.7. The summed E-state index contributed by atoms with van der Waals surface area (Å²) in [5, 5.41) is 0. The Morgan fingerprint density at radius 2 is 2.21 bits per heavy atom. The van der Waals surface area contributed by atoms with E-state index < -0.39 is 0 Å². The second kappa shape index (κ2) is 4.04. The number of nitrogen functional groups attached to an aromatic ring is 1. The number of nitrogens with two attached hydrogens (primary N) is 1. The van der Waals surface area contributed by atoms with Crippen LogP contribution in [0.15, 0.2) is 10.9 Å². The van der Waals surface area contributed by atoms with E-state index in [0.717, 1.165) is 0 Å². The molecule has 1 heterocycles. The zero-order valence-corrected chi connectivity index (χ0v) is 9.44. The summed E-state index contributed by atoms with van der Waals surface area (Å²) in [5.41, 5.74) is 5.27. The largest absolute Gasteiger partial charge is 0.383 e. The molecule has 78 valence electrons. The molecule has 0 aromatic carbocycles. The second-order valence-electron chi connectivity index (χ2n) is 4.02. The van der Waals surface area contributed by atoms with Crippen molar-refractivity contribution in [2.75, 3.05) is 5.73 Å². The van der Waals surface area contributed by atoms with Crippen molar-refractivity contribution in [2.24, 2.45) is 0 Å². The summed E-state index contributed by atoms with van der Waals surface area (Å²) >= 11 is 1.72.